The molecule has 0 amide bonds. The second-order valence-corrected chi connectivity index (χ2v) is 4.34. The Balaban J connectivity index is 1.87. The molecule has 0 bridgehead atoms. The van der Waals surface area contributed by atoms with Gasteiger partial charge in [0.1, 0.15) is 4.60 Å². The Morgan fingerprint density at radius 1 is 1.29 bits per heavy atom. The van der Waals surface area contributed by atoms with Gasteiger partial charge in [-0.1, -0.05) is 0 Å². The summed E-state index contributed by atoms with van der Waals surface area (Å²) in [5.41, 5.74) is 2.84. The van der Waals surface area contributed by atoms with Crippen molar-refractivity contribution in [1.82, 2.24) is 24.6 Å². The molecule has 17 heavy (non-hydrogen) atoms. The van der Waals surface area contributed by atoms with E-state index in [1.807, 2.05) is 16.8 Å². The third-order valence-electron chi connectivity index (χ3n) is 2.41. The van der Waals surface area contributed by atoms with Crippen molar-refractivity contribution in [1.29, 1.82) is 0 Å². The van der Waals surface area contributed by atoms with Crippen LogP contribution in [0.15, 0.2) is 35.6 Å². The largest absolute Gasteiger partial charge is 0.377 e. The molecule has 3 aromatic rings. The predicted octanol–water partition coefficient (Wildman–Crippen LogP) is 1.83. The van der Waals surface area contributed by atoms with Gasteiger partial charge in [0.2, 0.25) is 0 Å². The van der Waals surface area contributed by atoms with Gasteiger partial charge in [-0.05, 0) is 15.9 Å². The topological polar surface area (TPSA) is 70.9 Å². The number of nitrogens with zero attached hydrogens (tertiary/aromatic N) is 4. The molecule has 0 radical (unpaired) electrons. The van der Waals surface area contributed by atoms with Gasteiger partial charge < -0.3 is 5.32 Å². The number of hydrogen-bond acceptors (Lipinski definition) is 4. The highest BCUT2D eigenvalue weighted by atomic mass is 79.9. The quantitative estimate of drug-likeness (QED) is 0.773. The monoisotopic (exact) mass is 292 g/mol. The summed E-state index contributed by atoms with van der Waals surface area (Å²) < 4.78 is 2.78. The minimum absolute atomic E-state index is 0.678. The van der Waals surface area contributed by atoms with E-state index < -0.39 is 0 Å². The SMILES string of the molecule is Brc1cn2c(CNc3cn[nH]c3)cnc2cn1. The molecule has 0 aliphatic carbocycles. The minimum atomic E-state index is 0.678. The average molecular weight is 293 g/mol. The van der Waals surface area contributed by atoms with Gasteiger partial charge in [-0.25, -0.2) is 9.97 Å². The number of anilines is 1. The number of fused-ring (bicyclic) bond motifs is 1. The van der Waals surface area contributed by atoms with Crippen LogP contribution in [0.4, 0.5) is 5.69 Å². The lowest BCUT2D eigenvalue weighted by molar-refractivity contribution is 0.983. The van der Waals surface area contributed by atoms with E-state index in [2.05, 4.69) is 41.4 Å². The summed E-state index contributed by atoms with van der Waals surface area (Å²) in [6.07, 6.45) is 9.00. The van der Waals surface area contributed by atoms with Crippen molar-refractivity contribution in [3.63, 3.8) is 0 Å². The van der Waals surface area contributed by atoms with Gasteiger partial charge in [0.05, 0.1) is 36.5 Å². The molecule has 0 aromatic carbocycles. The second-order valence-electron chi connectivity index (χ2n) is 3.53. The normalized spacial score (nSPS) is 10.9. The first-order valence-electron chi connectivity index (χ1n) is 5.03. The molecule has 7 heteroatoms. The Bertz CT molecular complexity index is 629. The van der Waals surface area contributed by atoms with E-state index in [9.17, 15) is 0 Å². The van der Waals surface area contributed by atoms with Gasteiger partial charge in [-0.15, -0.1) is 0 Å². The van der Waals surface area contributed by atoms with Crippen LogP contribution in [0.1, 0.15) is 5.69 Å². The van der Waals surface area contributed by atoms with E-state index in [0.29, 0.717) is 6.54 Å². The number of aromatic amines is 1. The summed E-state index contributed by atoms with van der Waals surface area (Å²) in [5, 5.41) is 9.87. The summed E-state index contributed by atoms with van der Waals surface area (Å²) in [4.78, 5) is 8.40. The van der Waals surface area contributed by atoms with Gasteiger partial charge in [0, 0.05) is 12.4 Å². The van der Waals surface area contributed by atoms with Crippen LogP contribution in [0.3, 0.4) is 0 Å². The highest BCUT2D eigenvalue weighted by molar-refractivity contribution is 9.10. The van der Waals surface area contributed by atoms with Crippen molar-refractivity contribution >= 4 is 27.3 Å². The zero-order chi connectivity index (χ0) is 11.7. The molecule has 0 fully saturated rings. The smallest absolute Gasteiger partial charge is 0.155 e. The van der Waals surface area contributed by atoms with Gasteiger partial charge in [-0.2, -0.15) is 5.10 Å². The van der Waals surface area contributed by atoms with E-state index in [1.165, 1.54) is 0 Å². The van der Waals surface area contributed by atoms with Crippen LogP contribution in [0.25, 0.3) is 5.65 Å². The highest BCUT2D eigenvalue weighted by Crippen LogP contribution is 2.12. The number of rotatable bonds is 3. The zero-order valence-electron chi connectivity index (χ0n) is 8.76. The van der Waals surface area contributed by atoms with Gasteiger partial charge in [0.25, 0.3) is 0 Å². The molecule has 2 N–H and O–H groups in total. The molecule has 3 heterocycles. The lowest BCUT2D eigenvalue weighted by atomic mass is 10.4. The fourth-order valence-corrected chi connectivity index (χ4v) is 1.89. The molecular formula is C10H9BrN6. The van der Waals surface area contributed by atoms with Crippen LogP contribution in [-0.2, 0) is 6.54 Å². The Morgan fingerprint density at radius 3 is 3.06 bits per heavy atom. The summed E-state index contributed by atoms with van der Waals surface area (Å²) in [6, 6.07) is 0. The maximum atomic E-state index is 4.28. The molecular weight excluding hydrogens is 284 g/mol. The predicted molar refractivity (Wildman–Crippen MR) is 66.6 cm³/mol. The summed E-state index contributed by atoms with van der Waals surface area (Å²) in [7, 11) is 0. The summed E-state index contributed by atoms with van der Waals surface area (Å²) in [5.74, 6) is 0. The molecule has 3 aromatic heterocycles. The summed E-state index contributed by atoms with van der Waals surface area (Å²) in [6.45, 7) is 0.678. The first-order chi connectivity index (χ1) is 8.33. The van der Waals surface area contributed by atoms with Crippen LogP contribution in [-0.4, -0.2) is 24.6 Å². The number of aromatic nitrogens is 5. The molecule has 0 atom stereocenters. The van der Waals surface area contributed by atoms with E-state index in [-0.39, 0.29) is 0 Å². The Labute approximate surface area is 105 Å². The van der Waals surface area contributed by atoms with Gasteiger partial charge in [-0.3, -0.25) is 9.50 Å². The number of H-pyrrole nitrogens is 1. The minimum Gasteiger partial charge on any atom is -0.377 e. The maximum absolute atomic E-state index is 4.28. The third kappa shape index (κ3) is 2.01. The standard InChI is InChI=1S/C10H9BrN6/c11-9-6-17-8(4-14-10(17)5-13-9)3-12-7-1-15-16-2-7/h1-2,4-6,12H,3H2,(H,15,16). The van der Waals surface area contributed by atoms with Crippen molar-refractivity contribution in [2.24, 2.45) is 0 Å². The average Bonchev–Trinajstić information content (AvgIpc) is 2.94. The van der Waals surface area contributed by atoms with Crippen molar-refractivity contribution in [3.8, 4) is 0 Å². The molecule has 0 aliphatic rings. The second kappa shape index (κ2) is 4.17. The fourth-order valence-electron chi connectivity index (χ4n) is 1.59. The van der Waals surface area contributed by atoms with Crippen LogP contribution >= 0.6 is 15.9 Å². The maximum Gasteiger partial charge on any atom is 0.155 e. The molecule has 6 nitrogen and oxygen atoms in total. The fraction of sp³-hybridized carbons (Fsp3) is 0.100. The van der Waals surface area contributed by atoms with E-state index in [4.69, 9.17) is 0 Å². The molecule has 3 rings (SSSR count). The molecule has 0 spiro atoms. The van der Waals surface area contributed by atoms with Crippen molar-refractivity contribution in [2.45, 2.75) is 6.54 Å². The molecule has 86 valence electrons. The zero-order valence-corrected chi connectivity index (χ0v) is 10.3. The van der Waals surface area contributed by atoms with Crippen LogP contribution in [0.2, 0.25) is 0 Å². The number of imidazole rings is 1. The van der Waals surface area contributed by atoms with Crippen LogP contribution in [0, 0.1) is 0 Å². The van der Waals surface area contributed by atoms with E-state index in [0.717, 1.165) is 21.6 Å². The first kappa shape index (κ1) is 10.3. The molecule has 0 unspecified atom stereocenters. The van der Waals surface area contributed by atoms with E-state index >= 15 is 0 Å². The van der Waals surface area contributed by atoms with Crippen molar-refractivity contribution in [2.75, 3.05) is 5.32 Å². The van der Waals surface area contributed by atoms with Crippen LogP contribution in [0.5, 0.6) is 0 Å². The number of hydrogen-bond donors (Lipinski definition) is 2. The van der Waals surface area contributed by atoms with Crippen molar-refractivity contribution < 1.29 is 0 Å². The van der Waals surface area contributed by atoms with E-state index in [1.54, 1.807) is 18.6 Å². The number of nitrogens with one attached hydrogen (secondary N) is 2. The third-order valence-corrected chi connectivity index (χ3v) is 2.82. The summed E-state index contributed by atoms with van der Waals surface area (Å²) >= 11 is 3.35. The number of halogens is 1. The Morgan fingerprint density at radius 2 is 2.24 bits per heavy atom. The lowest BCUT2D eigenvalue weighted by Crippen LogP contribution is -2.02. The highest BCUT2D eigenvalue weighted by Gasteiger charge is 2.04. The van der Waals surface area contributed by atoms with Crippen molar-refractivity contribution in [3.05, 3.63) is 41.3 Å². The van der Waals surface area contributed by atoms with Gasteiger partial charge in [0.15, 0.2) is 5.65 Å². The molecule has 0 saturated carbocycles. The molecule has 0 aliphatic heterocycles. The Kier molecular flexibility index (Phi) is 2.52. The Hall–Kier alpha value is -1.89. The van der Waals surface area contributed by atoms with Crippen LogP contribution < -0.4 is 5.32 Å². The first-order valence-corrected chi connectivity index (χ1v) is 5.82. The molecule has 0 saturated heterocycles. The van der Waals surface area contributed by atoms with Gasteiger partial charge >= 0.3 is 0 Å². The lowest BCUT2D eigenvalue weighted by Gasteiger charge is -2.03.